The fourth-order valence-corrected chi connectivity index (χ4v) is 3.97. The van der Waals surface area contributed by atoms with E-state index in [0.29, 0.717) is 11.4 Å². The predicted molar refractivity (Wildman–Crippen MR) is 126 cm³/mol. The number of carbonyl (C=O) groups is 1. The number of hydrogen-bond donors (Lipinski definition) is 2. The van der Waals surface area contributed by atoms with Gasteiger partial charge in [0.05, 0.1) is 5.69 Å². The number of nitrogens with one attached hydrogen (secondary N) is 1. The van der Waals surface area contributed by atoms with Gasteiger partial charge in [-0.1, -0.05) is 27.7 Å². The number of aromatic nitrogens is 3. The minimum atomic E-state index is -0.164. The molecule has 0 fully saturated rings. The van der Waals surface area contributed by atoms with E-state index in [-0.39, 0.29) is 23.8 Å². The smallest absolute Gasteiger partial charge is 0.254 e. The number of carbonyl (C=O) groups excluding carboxylic acids is 1. The first-order chi connectivity index (χ1) is 14.7. The first-order valence-corrected chi connectivity index (χ1v) is 11.2. The molecule has 0 aliphatic heterocycles. The first-order valence-electron chi connectivity index (χ1n) is 11.2. The molecule has 2 aromatic heterocycles. The lowest BCUT2D eigenvalue weighted by Crippen LogP contribution is -2.34. The molecule has 1 amide bonds. The topological polar surface area (TPSA) is 105 Å². The quantitative estimate of drug-likeness (QED) is 0.438. The summed E-state index contributed by atoms with van der Waals surface area (Å²) in [6, 6.07) is 0. The van der Waals surface area contributed by atoms with Crippen molar-refractivity contribution in [2.75, 3.05) is 7.05 Å². The van der Waals surface area contributed by atoms with E-state index in [1.807, 2.05) is 20.0 Å². The highest BCUT2D eigenvalue weighted by Gasteiger charge is 2.29. The number of aromatic amines is 1. The number of H-pyrrole nitrogens is 1. The highest BCUT2D eigenvalue weighted by Crippen LogP contribution is 2.31. The number of pyridine rings is 1. The number of fused-ring (bicyclic) bond motifs is 1. The molecular formula is C24H39N5O2. The third kappa shape index (κ3) is 6.72. The van der Waals surface area contributed by atoms with Crippen molar-refractivity contribution in [2.24, 2.45) is 5.84 Å². The van der Waals surface area contributed by atoms with Crippen LogP contribution in [0.3, 0.4) is 0 Å². The van der Waals surface area contributed by atoms with Gasteiger partial charge in [-0.15, -0.1) is 0 Å². The van der Waals surface area contributed by atoms with Crippen LogP contribution in [0, 0.1) is 20.8 Å². The summed E-state index contributed by atoms with van der Waals surface area (Å²) in [7, 11) is 1.51. The van der Waals surface area contributed by atoms with Crippen molar-refractivity contribution in [3.05, 3.63) is 56.0 Å². The summed E-state index contributed by atoms with van der Waals surface area (Å²) in [5, 5.41) is 1.06. The summed E-state index contributed by atoms with van der Waals surface area (Å²) in [6.45, 7) is 14.4. The Labute approximate surface area is 186 Å². The summed E-state index contributed by atoms with van der Waals surface area (Å²) in [5.41, 5.74) is 6.79. The van der Waals surface area contributed by atoms with Crippen LogP contribution in [0.2, 0.25) is 0 Å². The van der Waals surface area contributed by atoms with Gasteiger partial charge in [0, 0.05) is 36.8 Å². The van der Waals surface area contributed by atoms with Crippen molar-refractivity contribution < 1.29 is 4.79 Å². The molecule has 0 saturated carbocycles. The Kier molecular flexibility index (Phi) is 10.6. The SMILES string of the molecule is CC.CCc1cnc(C)c(CC)c1C.Cc1nc2c(c(=O)[nH]1)C(CC(=O)N(C)N)CC2. The maximum Gasteiger partial charge on any atom is 0.254 e. The van der Waals surface area contributed by atoms with E-state index in [0.717, 1.165) is 36.4 Å². The van der Waals surface area contributed by atoms with Crippen LogP contribution in [-0.2, 0) is 24.1 Å². The monoisotopic (exact) mass is 429 g/mol. The zero-order chi connectivity index (χ0) is 23.7. The summed E-state index contributed by atoms with van der Waals surface area (Å²) in [5.74, 6) is 5.78. The molecule has 1 aliphatic carbocycles. The molecule has 0 spiro atoms. The van der Waals surface area contributed by atoms with Crippen LogP contribution in [0.4, 0.5) is 0 Å². The zero-order valence-electron chi connectivity index (χ0n) is 20.4. The standard InChI is InChI=1S/C11H16N4O2.C11H17N.C2H6/c1-6-13-8-4-3-7(5-9(16)15(2)12)10(8)11(17)14-6;1-5-10-7-12-9(4)11(6-2)8(10)3;1-2/h7H,3-5,12H2,1-2H3,(H,13,14,17);7H,5-6H2,1-4H3;1-2H3. The second kappa shape index (κ2) is 12.3. The lowest BCUT2D eigenvalue weighted by atomic mass is 9.99. The predicted octanol–water partition coefficient (Wildman–Crippen LogP) is 3.68. The summed E-state index contributed by atoms with van der Waals surface area (Å²) in [4.78, 5) is 34.8. The molecule has 0 bridgehead atoms. The van der Waals surface area contributed by atoms with Crippen LogP contribution >= 0.6 is 0 Å². The molecule has 0 saturated heterocycles. The summed E-state index contributed by atoms with van der Waals surface area (Å²) >= 11 is 0. The van der Waals surface area contributed by atoms with Gasteiger partial charge in [-0.3, -0.25) is 19.6 Å². The van der Waals surface area contributed by atoms with E-state index < -0.39 is 0 Å². The van der Waals surface area contributed by atoms with Crippen LogP contribution in [0.5, 0.6) is 0 Å². The van der Waals surface area contributed by atoms with Gasteiger partial charge in [-0.25, -0.2) is 10.8 Å². The number of hydrogen-bond acceptors (Lipinski definition) is 5. The van der Waals surface area contributed by atoms with Crippen LogP contribution in [0.25, 0.3) is 0 Å². The van der Waals surface area contributed by atoms with Gasteiger partial charge in [-0.05, 0) is 63.1 Å². The van der Waals surface area contributed by atoms with Gasteiger partial charge in [0.2, 0.25) is 5.91 Å². The van der Waals surface area contributed by atoms with Gasteiger partial charge in [0.15, 0.2) is 0 Å². The second-order valence-corrected chi connectivity index (χ2v) is 7.64. The number of nitrogens with zero attached hydrogens (tertiary/aromatic N) is 3. The van der Waals surface area contributed by atoms with Crippen LogP contribution in [-0.4, -0.2) is 32.9 Å². The van der Waals surface area contributed by atoms with E-state index in [1.54, 1.807) is 6.92 Å². The molecule has 3 N–H and O–H groups in total. The van der Waals surface area contributed by atoms with Crippen molar-refractivity contribution in [1.29, 1.82) is 0 Å². The molecule has 2 heterocycles. The van der Waals surface area contributed by atoms with Crippen molar-refractivity contribution in [3.8, 4) is 0 Å². The van der Waals surface area contributed by atoms with Crippen LogP contribution in [0.1, 0.15) is 85.9 Å². The van der Waals surface area contributed by atoms with Gasteiger partial charge in [-0.2, -0.15) is 0 Å². The summed E-state index contributed by atoms with van der Waals surface area (Å²) < 4.78 is 0. The van der Waals surface area contributed by atoms with Crippen LogP contribution < -0.4 is 11.4 Å². The van der Waals surface area contributed by atoms with Gasteiger partial charge in [0.1, 0.15) is 5.82 Å². The Balaban J connectivity index is 0.000000303. The molecule has 1 aliphatic rings. The molecular weight excluding hydrogens is 390 g/mol. The van der Waals surface area contributed by atoms with Crippen molar-refractivity contribution in [3.63, 3.8) is 0 Å². The van der Waals surface area contributed by atoms with Crippen molar-refractivity contribution in [1.82, 2.24) is 20.0 Å². The Morgan fingerprint density at radius 2 is 1.87 bits per heavy atom. The maximum absolute atomic E-state index is 11.8. The third-order valence-electron chi connectivity index (χ3n) is 5.62. The normalized spacial score (nSPS) is 14.0. The first kappa shape index (κ1) is 26.5. The average molecular weight is 430 g/mol. The minimum absolute atomic E-state index is 0.0552. The lowest BCUT2D eigenvalue weighted by molar-refractivity contribution is -0.130. The van der Waals surface area contributed by atoms with E-state index in [4.69, 9.17) is 5.84 Å². The van der Waals surface area contributed by atoms with E-state index in [2.05, 4.69) is 42.6 Å². The minimum Gasteiger partial charge on any atom is -0.311 e. The van der Waals surface area contributed by atoms with Crippen LogP contribution in [0.15, 0.2) is 11.0 Å². The van der Waals surface area contributed by atoms with E-state index >= 15 is 0 Å². The zero-order valence-corrected chi connectivity index (χ0v) is 20.4. The molecule has 31 heavy (non-hydrogen) atoms. The van der Waals surface area contributed by atoms with E-state index in [9.17, 15) is 9.59 Å². The Hall–Kier alpha value is -2.54. The van der Waals surface area contributed by atoms with Gasteiger partial charge in [0.25, 0.3) is 5.56 Å². The molecule has 3 rings (SSSR count). The van der Waals surface area contributed by atoms with Gasteiger partial charge < -0.3 is 4.98 Å². The molecule has 0 aromatic carbocycles. The lowest BCUT2D eigenvalue weighted by Gasteiger charge is -2.14. The van der Waals surface area contributed by atoms with E-state index in [1.165, 1.54) is 29.4 Å². The molecule has 2 aromatic rings. The average Bonchev–Trinajstić information content (AvgIpc) is 3.13. The molecule has 1 unspecified atom stereocenters. The number of nitrogens with two attached hydrogens (primary N) is 1. The Morgan fingerprint density at radius 1 is 1.23 bits per heavy atom. The maximum atomic E-state index is 11.8. The molecule has 1 atom stereocenters. The fraction of sp³-hybridized carbons (Fsp3) is 0.583. The van der Waals surface area contributed by atoms with Crippen molar-refractivity contribution in [2.45, 2.75) is 86.5 Å². The fourth-order valence-electron chi connectivity index (χ4n) is 3.97. The Morgan fingerprint density at radius 3 is 2.42 bits per heavy atom. The number of rotatable bonds is 4. The largest absolute Gasteiger partial charge is 0.311 e. The second-order valence-electron chi connectivity index (χ2n) is 7.64. The third-order valence-corrected chi connectivity index (χ3v) is 5.62. The number of amides is 1. The number of aryl methyl sites for hydroxylation is 4. The van der Waals surface area contributed by atoms with Crippen molar-refractivity contribution >= 4 is 5.91 Å². The Bertz CT molecular complexity index is 934. The molecule has 7 nitrogen and oxygen atoms in total. The van der Waals surface area contributed by atoms with Gasteiger partial charge >= 0.3 is 0 Å². The highest BCUT2D eigenvalue weighted by atomic mass is 16.2. The molecule has 0 radical (unpaired) electrons. The highest BCUT2D eigenvalue weighted by molar-refractivity contribution is 5.76. The summed E-state index contributed by atoms with van der Waals surface area (Å²) in [6.07, 6.45) is 6.00. The number of hydrazine groups is 1. The molecule has 172 valence electrons. The molecule has 7 heteroatoms.